The van der Waals surface area contributed by atoms with Gasteiger partial charge in [-0.05, 0) is 24.1 Å². The first-order chi connectivity index (χ1) is 6.22. The Bertz CT molecular complexity index is 290. The Balaban J connectivity index is 2.77. The zero-order valence-electron chi connectivity index (χ0n) is 7.00. The van der Waals surface area contributed by atoms with Crippen LogP contribution in [0.2, 0.25) is 0 Å². The van der Waals surface area contributed by atoms with Gasteiger partial charge >= 0.3 is 0 Å². The number of hydrogen-bond donors (Lipinski definition) is 1. The normalized spacial score (nSPS) is 10.9. The summed E-state index contributed by atoms with van der Waals surface area (Å²) in [4.78, 5) is 0. The number of rotatable bonds is 3. The number of aromatic hydroxyl groups is 1. The zero-order valence-corrected chi connectivity index (χ0v) is 8.59. The third kappa shape index (κ3) is 3.59. The van der Waals surface area contributed by atoms with Gasteiger partial charge in [0, 0.05) is 11.4 Å². The van der Waals surface area contributed by atoms with Crippen molar-refractivity contribution in [3.8, 4) is 5.75 Å². The molecule has 1 N–H and O–H groups in total. The Morgan fingerprint density at radius 3 is 2.77 bits per heavy atom. The maximum Gasteiger partial charge on any atom is 0.127 e. The van der Waals surface area contributed by atoms with Gasteiger partial charge in [0.05, 0.1) is 0 Å². The molecule has 70 valence electrons. The second-order valence-corrected chi connectivity index (χ2v) is 3.42. The van der Waals surface area contributed by atoms with Gasteiger partial charge < -0.3 is 5.11 Å². The molecule has 0 aliphatic rings. The fraction of sp³-hybridized carbons (Fsp3) is 0.200. The van der Waals surface area contributed by atoms with Crippen molar-refractivity contribution in [2.45, 2.75) is 6.42 Å². The van der Waals surface area contributed by atoms with Gasteiger partial charge in [-0.25, -0.2) is 4.39 Å². The van der Waals surface area contributed by atoms with E-state index in [1.54, 1.807) is 6.08 Å². The van der Waals surface area contributed by atoms with Crippen molar-refractivity contribution in [3.05, 3.63) is 35.7 Å². The van der Waals surface area contributed by atoms with Gasteiger partial charge in [0.15, 0.2) is 0 Å². The second-order valence-electron chi connectivity index (χ2n) is 2.62. The SMILES string of the molecule is Oc1cc(F)cc(C=CCCBr)c1. The van der Waals surface area contributed by atoms with E-state index >= 15 is 0 Å². The Kier molecular flexibility index (Phi) is 3.96. The molecule has 3 heteroatoms. The molecule has 0 fully saturated rings. The van der Waals surface area contributed by atoms with E-state index < -0.39 is 5.82 Å². The van der Waals surface area contributed by atoms with Gasteiger partial charge in [-0.2, -0.15) is 0 Å². The van der Waals surface area contributed by atoms with Crippen LogP contribution in [0.4, 0.5) is 4.39 Å². The summed E-state index contributed by atoms with van der Waals surface area (Å²) in [5, 5.41) is 9.95. The molecular weight excluding hydrogens is 235 g/mol. The largest absolute Gasteiger partial charge is 0.508 e. The molecule has 0 saturated carbocycles. The smallest absolute Gasteiger partial charge is 0.127 e. The van der Waals surface area contributed by atoms with E-state index in [-0.39, 0.29) is 5.75 Å². The van der Waals surface area contributed by atoms with Crippen LogP contribution in [0.1, 0.15) is 12.0 Å². The van der Waals surface area contributed by atoms with Crippen molar-refractivity contribution < 1.29 is 9.50 Å². The highest BCUT2D eigenvalue weighted by molar-refractivity contribution is 9.09. The summed E-state index contributed by atoms with van der Waals surface area (Å²) in [6.45, 7) is 0. The topological polar surface area (TPSA) is 20.2 Å². The molecule has 1 rings (SSSR count). The highest BCUT2D eigenvalue weighted by atomic mass is 79.9. The van der Waals surface area contributed by atoms with E-state index in [0.29, 0.717) is 5.56 Å². The lowest BCUT2D eigenvalue weighted by molar-refractivity contribution is 0.469. The van der Waals surface area contributed by atoms with E-state index in [0.717, 1.165) is 17.8 Å². The van der Waals surface area contributed by atoms with Gasteiger partial charge in [0.25, 0.3) is 0 Å². The minimum absolute atomic E-state index is 0.0431. The van der Waals surface area contributed by atoms with Crippen LogP contribution in [0.5, 0.6) is 5.75 Å². The van der Waals surface area contributed by atoms with E-state index in [1.807, 2.05) is 6.08 Å². The minimum Gasteiger partial charge on any atom is -0.508 e. The summed E-state index contributed by atoms with van der Waals surface area (Å²) in [6, 6.07) is 3.99. The summed E-state index contributed by atoms with van der Waals surface area (Å²) in [6.07, 6.45) is 4.59. The summed E-state index contributed by atoms with van der Waals surface area (Å²) >= 11 is 3.28. The average Bonchev–Trinajstić information content (AvgIpc) is 2.03. The zero-order chi connectivity index (χ0) is 9.68. The van der Waals surface area contributed by atoms with Gasteiger partial charge in [-0.3, -0.25) is 0 Å². The molecule has 0 saturated heterocycles. The quantitative estimate of drug-likeness (QED) is 0.810. The molecule has 0 amide bonds. The molecule has 0 bridgehead atoms. The predicted octanol–water partition coefficient (Wildman–Crippen LogP) is 3.33. The number of benzene rings is 1. The van der Waals surface area contributed by atoms with Crippen LogP contribution >= 0.6 is 15.9 Å². The van der Waals surface area contributed by atoms with Gasteiger partial charge in [-0.15, -0.1) is 0 Å². The maximum atomic E-state index is 12.7. The average molecular weight is 245 g/mol. The molecular formula is C10H10BrFO. The minimum atomic E-state index is -0.418. The van der Waals surface area contributed by atoms with Crippen molar-refractivity contribution in [3.63, 3.8) is 0 Å². The Labute approximate surface area is 85.0 Å². The summed E-state index contributed by atoms with van der Waals surface area (Å²) < 4.78 is 12.7. The number of alkyl halides is 1. The molecule has 0 radical (unpaired) electrons. The van der Waals surface area contributed by atoms with E-state index in [1.165, 1.54) is 12.1 Å². The standard InChI is InChI=1S/C10H10BrFO/c11-4-2-1-3-8-5-9(12)7-10(13)6-8/h1,3,5-7,13H,2,4H2. The lowest BCUT2D eigenvalue weighted by Crippen LogP contribution is -1.77. The molecule has 1 aromatic rings. The molecule has 0 aromatic heterocycles. The molecule has 0 spiro atoms. The highest BCUT2D eigenvalue weighted by Gasteiger charge is 1.95. The number of hydrogen-bond acceptors (Lipinski definition) is 1. The van der Waals surface area contributed by atoms with Crippen molar-refractivity contribution in [1.82, 2.24) is 0 Å². The second kappa shape index (κ2) is 5.02. The Morgan fingerprint density at radius 1 is 1.38 bits per heavy atom. The fourth-order valence-electron chi connectivity index (χ4n) is 0.975. The third-order valence-electron chi connectivity index (χ3n) is 1.49. The van der Waals surface area contributed by atoms with E-state index in [9.17, 15) is 4.39 Å². The summed E-state index contributed by atoms with van der Waals surface area (Å²) in [5.74, 6) is -0.461. The maximum absolute atomic E-state index is 12.7. The van der Waals surface area contributed by atoms with Crippen molar-refractivity contribution >= 4 is 22.0 Å². The van der Waals surface area contributed by atoms with Crippen LogP contribution in [-0.4, -0.2) is 10.4 Å². The molecule has 0 aliphatic carbocycles. The number of phenols is 1. The summed E-state index contributed by atoms with van der Waals surface area (Å²) in [7, 11) is 0. The Morgan fingerprint density at radius 2 is 2.15 bits per heavy atom. The summed E-state index contributed by atoms with van der Waals surface area (Å²) in [5.41, 5.74) is 0.679. The van der Waals surface area contributed by atoms with Gasteiger partial charge in [0.2, 0.25) is 0 Å². The van der Waals surface area contributed by atoms with Crippen molar-refractivity contribution in [1.29, 1.82) is 0 Å². The first kappa shape index (κ1) is 10.3. The van der Waals surface area contributed by atoms with Crippen LogP contribution in [0.3, 0.4) is 0 Å². The van der Waals surface area contributed by atoms with E-state index in [2.05, 4.69) is 15.9 Å². The molecule has 0 atom stereocenters. The first-order valence-electron chi connectivity index (χ1n) is 3.94. The van der Waals surface area contributed by atoms with Gasteiger partial charge in [-0.1, -0.05) is 28.1 Å². The van der Waals surface area contributed by atoms with Crippen LogP contribution in [-0.2, 0) is 0 Å². The van der Waals surface area contributed by atoms with Crippen LogP contribution < -0.4 is 0 Å². The Hall–Kier alpha value is -0.830. The molecule has 0 aliphatic heterocycles. The van der Waals surface area contributed by atoms with Gasteiger partial charge in [0.1, 0.15) is 11.6 Å². The number of allylic oxidation sites excluding steroid dienone is 1. The molecule has 13 heavy (non-hydrogen) atoms. The predicted molar refractivity (Wildman–Crippen MR) is 55.5 cm³/mol. The lowest BCUT2D eigenvalue weighted by Gasteiger charge is -1.96. The van der Waals surface area contributed by atoms with Crippen molar-refractivity contribution in [2.24, 2.45) is 0 Å². The third-order valence-corrected chi connectivity index (χ3v) is 1.95. The van der Waals surface area contributed by atoms with Crippen LogP contribution in [0.25, 0.3) is 6.08 Å². The molecule has 0 heterocycles. The monoisotopic (exact) mass is 244 g/mol. The van der Waals surface area contributed by atoms with E-state index in [4.69, 9.17) is 5.11 Å². The molecule has 1 aromatic carbocycles. The molecule has 0 unspecified atom stereocenters. The first-order valence-corrected chi connectivity index (χ1v) is 5.06. The van der Waals surface area contributed by atoms with Crippen LogP contribution in [0.15, 0.2) is 24.3 Å². The number of halogens is 2. The fourth-order valence-corrected chi connectivity index (χ4v) is 1.24. The lowest BCUT2D eigenvalue weighted by atomic mass is 10.2. The molecule has 1 nitrogen and oxygen atoms in total. The van der Waals surface area contributed by atoms with Crippen LogP contribution in [0, 0.1) is 5.82 Å². The highest BCUT2D eigenvalue weighted by Crippen LogP contribution is 2.15. The van der Waals surface area contributed by atoms with Crippen molar-refractivity contribution in [2.75, 3.05) is 5.33 Å². The number of phenolic OH excluding ortho intramolecular Hbond substituents is 1.